The second kappa shape index (κ2) is 9.21. The van der Waals surface area contributed by atoms with Gasteiger partial charge in [0.05, 0.1) is 19.3 Å². The van der Waals surface area contributed by atoms with Crippen molar-refractivity contribution < 1.29 is 27.5 Å². The minimum atomic E-state index is -3.78. The summed E-state index contributed by atoms with van der Waals surface area (Å²) in [7, 11) is -2.38. The molecule has 1 aliphatic carbocycles. The minimum absolute atomic E-state index is 0.0370. The van der Waals surface area contributed by atoms with E-state index < -0.39 is 21.9 Å². The van der Waals surface area contributed by atoms with Crippen LogP contribution in [0.2, 0.25) is 0 Å². The lowest BCUT2D eigenvalue weighted by Crippen LogP contribution is -2.28. The summed E-state index contributed by atoms with van der Waals surface area (Å²) >= 11 is 1.28. The predicted octanol–water partition coefficient (Wildman–Crippen LogP) is 3.85. The highest BCUT2D eigenvalue weighted by Crippen LogP contribution is 2.46. The molecule has 2 aliphatic rings. The SMILES string of the molecule is CCOC(=O)c1c(C2CC2)csc1NC(=O)c1ccc(OC)c(S(=O)(=O)N2CCCC2)c1. The number of amides is 1. The maximum Gasteiger partial charge on any atom is 0.341 e. The number of benzene rings is 1. The van der Waals surface area contributed by atoms with Gasteiger partial charge in [0.1, 0.15) is 15.6 Å². The van der Waals surface area contributed by atoms with Gasteiger partial charge in [-0.2, -0.15) is 4.31 Å². The number of thiophene rings is 1. The summed E-state index contributed by atoms with van der Waals surface area (Å²) in [6.07, 6.45) is 3.62. The number of methoxy groups -OCH3 is 1. The standard InChI is InChI=1S/C22H26N2O6S2/c1-3-30-22(26)19-16(14-6-7-14)13-31-21(19)23-20(25)15-8-9-17(29-2)18(12-15)32(27,28)24-10-4-5-11-24/h8-9,12-14H,3-7,10-11H2,1-2H3,(H,23,25). The van der Waals surface area contributed by atoms with Crippen LogP contribution >= 0.6 is 11.3 Å². The van der Waals surface area contributed by atoms with Crippen LogP contribution < -0.4 is 10.1 Å². The van der Waals surface area contributed by atoms with Gasteiger partial charge in [-0.25, -0.2) is 13.2 Å². The van der Waals surface area contributed by atoms with Crippen LogP contribution in [0.4, 0.5) is 5.00 Å². The van der Waals surface area contributed by atoms with E-state index in [-0.39, 0.29) is 22.8 Å². The van der Waals surface area contributed by atoms with Crippen molar-refractivity contribution in [2.75, 3.05) is 32.1 Å². The summed E-state index contributed by atoms with van der Waals surface area (Å²) in [5.74, 6) is -0.458. The second-order valence-corrected chi connectivity index (χ2v) is 10.6. The Labute approximate surface area is 191 Å². The lowest BCUT2D eigenvalue weighted by molar-refractivity contribution is 0.0527. The number of esters is 1. The van der Waals surface area contributed by atoms with Gasteiger partial charge in [0.2, 0.25) is 10.0 Å². The average Bonchev–Trinajstić information content (AvgIpc) is 3.29. The van der Waals surface area contributed by atoms with Crippen molar-refractivity contribution >= 4 is 38.2 Å². The Kier molecular flexibility index (Phi) is 6.55. The molecule has 10 heteroatoms. The van der Waals surface area contributed by atoms with Crippen molar-refractivity contribution in [2.45, 2.75) is 43.4 Å². The normalized spacial score (nSPS) is 16.7. The molecule has 172 valence electrons. The number of hydrogen-bond acceptors (Lipinski definition) is 7. The molecule has 0 unspecified atom stereocenters. The van der Waals surface area contributed by atoms with Gasteiger partial charge in [0.25, 0.3) is 5.91 Å². The summed E-state index contributed by atoms with van der Waals surface area (Å²) in [6, 6.07) is 4.33. The molecule has 1 N–H and O–H groups in total. The van der Waals surface area contributed by atoms with Crippen molar-refractivity contribution in [3.05, 3.63) is 40.3 Å². The zero-order chi connectivity index (χ0) is 22.9. The van der Waals surface area contributed by atoms with Gasteiger partial charge in [-0.1, -0.05) is 0 Å². The van der Waals surface area contributed by atoms with Gasteiger partial charge in [-0.15, -0.1) is 11.3 Å². The molecule has 4 rings (SSSR count). The molecule has 32 heavy (non-hydrogen) atoms. The Hall–Kier alpha value is -2.43. The summed E-state index contributed by atoms with van der Waals surface area (Å²) in [6.45, 7) is 2.87. The highest BCUT2D eigenvalue weighted by molar-refractivity contribution is 7.89. The Balaban J connectivity index is 1.64. The van der Waals surface area contributed by atoms with Crippen molar-refractivity contribution in [3.8, 4) is 5.75 Å². The molecule has 8 nitrogen and oxygen atoms in total. The number of carbonyl (C=O) groups is 2. The first kappa shape index (κ1) is 22.8. The van der Waals surface area contributed by atoms with Crippen LogP contribution in [-0.2, 0) is 14.8 Å². The van der Waals surface area contributed by atoms with Crippen LogP contribution in [0.3, 0.4) is 0 Å². The van der Waals surface area contributed by atoms with E-state index in [1.165, 1.54) is 41.0 Å². The molecule has 0 atom stereocenters. The van der Waals surface area contributed by atoms with Gasteiger partial charge < -0.3 is 14.8 Å². The van der Waals surface area contributed by atoms with Gasteiger partial charge >= 0.3 is 5.97 Å². The molecule has 2 heterocycles. The zero-order valence-electron chi connectivity index (χ0n) is 18.0. The number of carbonyl (C=O) groups excluding carboxylic acids is 2. The molecule has 0 bridgehead atoms. The Morgan fingerprint density at radius 3 is 2.56 bits per heavy atom. The predicted molar refractivity (Wildman–Crippen MR) is 121 cm³/mol. The minimum Gasteiger partial charge on any atom is -0.495 e. The van der Waals surface area contributed by atoms with Crippen LogP contribution in [-0.4, -0.2) is 51.4 Å². The van der Waals surface area contributed by atoms with Crippen LogP contribution in [0.15, 0.2) is 28.5 Å². The Bertz CT molecular complexity index is 1130. The van der Waals surface area contributed by atoms with Gasteiger partial charge in [-0.3, -0.25) is 4.79 Å². The fraction of sp³-hybridized carbons (Fsp3) is 0.455. The number of nitrogens with zero attached hydrogens (tertiary/aromatic N) is 1. The highest BCUT2D eigenvalue weighted by Gasteiger charge is 2.33. The number of ether oxygens (including phenoxy) is 2. The fourth-order valence-electron chi connectivity index (χ4n) is 3.83. The van der Waals surface area contributed by atoms with E-state index >= 15 is 0 Å². The van der Waals surface area contributed by atoms with Gasteiger partial charge in [-0.05, 0) is 67.7 Å². The molecule has 0 spiro atoms. The number of rotatable bonds is 8. The third-order valence-electron chi connectivity index (χ3n) is 5.65. The average molecular weight is 479 g/mol. The first-order chi connectivity index (χ1) is 15.4. The first-order valence-electron chi connectivity index (χ1n) is 10.6. The maximum absolute atomic E-state index is 13.1. The van der Waals surface area contributed by atoms with E-state index in [9.17, 15) is 18.0 Å². The second-order valence-electron chi connectivity index (χ2n) is 7.82. The molecule has 1 aromatic heterocycles. The van der Waals surface area contributed by atoms with Crippen LogP contribution in [0.25, 0.3) is 0 Å². The van der Waals surface area contributed by atoms with Crippen molar-refractivity contribution in [1.82, 2.24) is 4.31 Å². The number of sulfonamides is 1. The summed E-state index contributed by atoms with van der Waals surface area (Å²) < 4.78 is 38.1. The molecule has 1 aromatic carbocycles. The van der Waals surface area contributed by atoms with Crippen molar-refractivity contribution in [3.63, 3.8) is 0 Å². The summed E-state index contributed by atoms with van der Waals surface area (Å²) in [4.78, 5) is 25.5. The molecular formula is C22H26N2O6S2. The summed E-state index contributed by atoms with van der Waals surface area (Å²) in [5, 5.41) is 5.08. The van der Waals surface area contributed by atoms with E-state index in [2.05, 4.69) is 5.32 Å². The lowest BCUT2D eigenvalue weighted by Gasteiger charge is -2.18. The zero-order valence-corrected chi connectivity index (χ0v) is 19.7. The first-order valence-corrected chi connectivity index (χ1v) is 13.0. The topological polar surface area (TPSA) is 102 Å². The molecule has 1 saturated carbocycles. The fourth-order valence-corrected chi connectivity index (χ4v) is 6.56. The lowest BCUT2D eigenvalue weighted by atomic mass is 10.1. The van der Waals surface area contributed by atoms with E-state index in [0.29, 0.717) is 29.6 Å². The smallest absolute Gasteiger partial charge is 0.341 e. The monoisotopic (exact) mass is 478 g/mol. The largest absolute Gasteiger partial charge is 0.495 e. The molecular weight excluding hydrogens is 452 g/mol. The van der Waals surface area contributed by atoms with E-state index in [0.717, 1.165) is 31.2 Å². The van der Waals surface area contributed by atoms with E-state index in [1.807, 2.05) is 5.38 Å². The number of nitrogens with one attached hydrogen (secondary N) is 1. The highest BCUT2D eigenvalue weighted by atomic mass is 32.2. The molecule has 2 fully saturated rings. The molecule has 1 aliphatic heterocycles. The maximum atomic E-state index is 13.1. The molecule has 1 saturated heterocycles. The van der Waals surface area contributed by atoms with Gasteiger partial charge in [0, 0.05) is 18.7 Å². The molecule has 2 aromatic rings. The summed E-state index contributed by atoms with van der Waals surface area (Å²) in [5.41, 5.74) is 1.46. The van der Waals surface area contributed by atoms with E-state index in [4.69, 9.17) is 9.47 Å². The van der Waals surface area contributed by atoms with Crippen molar-refractivity contribution in [1.29, 1.82) is 0 Å². The third-order valence-corrected chi connectivity index (χ3v) is 8.49. The molecule has 0 radical (unpaired) electrons. The quantitative estimate of drug-likeness (QED) is 0.578. The van der Waals surface area contributed by atoms with Gasteiger partial charge in [0.15, 0.2) is 0 Å². The van der Waals surface area contributed by atoms with E-state index in [1.54, 1.807) is 6.92 Å². The Morgan fingerprint density at radius 2 is 1.94 bits per heavy atom. The van der Waals surface area contributed by atoms with Crippen molar-refractivity contribution in [2.24, 2.45) is 0 Å². The van der Waals surface area contributed by atoms with Crippen LogP contribution in [0, 0.1) is 0 Å². The number of anilines is 1. The van der Waals surface area contributed by atoms with Crippen LogP contribution in [0.5, 0.6) is 5.75 Å². The number of hydrogen-bond donors (Lipinski definition) is 1. The molecule has 1 amide bonds. The Morgan fingerprint density at radius 1 is 1.22 bits per heavy atom. The third kappa shape index (κ3) is 4.39. The van der Waals surface area contributed by atoms with Crippen LogP contribution in [0.1, 0.15) is 64.8 Å².